The van der Waals surface area contributed by atoms with Crippen LogP contribution in [-0.2, 0) is 11.2 Å². The zero-order chi connectivity index (χ0) is 11.4. The number of aliphatic hydroxyl groups excluding tert-OH is 1. The molecule has 0 unspecified atom stereocenters. The summed E-state index contributed by atoms with van der Waals surface area (Å²) < 4.78 is 5.47. The first kappa shape index (κ1) is 11.0. The van der Waals surface area contributed by atoms with Crippen LogP contribution in [0.25, 0.3) is 0 Å². The molecule has 0 saturated carbocycles. The van der Waals surface area contributed by atoms with Crippen LogP contribution in [0.3, 0.4) is 0 Å². The zero-order valence-electron chi connectivity index (χ0n) is 9.03. The summed E-state index contributed by atoms with van der Waals surface area (Å²) in [5.41, 5.74) is 1.99. The normalized spacial score (nSPS) is 14.2. The highest BCUT2D eigenvalue weighted by molar-refractivity contribution is 5.93. The maximum absolute atomic E-state index is 11.2. The number of carbonyl (C=O) groups is 1. The van der Waals surface area contributed by atoms with E-state index in [1.807, 2.05) is 18.2 Å². The van der Waals surface area contributed by atoms with Gasteiger partial charge in [0.05, 0.1) is 6.61 Å². The third kappa shape index (κ3) is 2.52. The maximum Gasteiger partial charge on any atom is 0.224 e. The number of aryl methyl sites for hydroxylation is 1. The quantitative estimate of drug-likeness (QED) is 0.754. The monoisotopic (exact) mass is 221 g/mol. The first-order valence-corrected chi connectivity index (χ1v) is 5.46. The second-order valence-corrected chi connectivity index (χ2v) is 3.79. The van der Waals surface area contributed by atoms with Crippen molar-refractivity contribution in [2.75, 3.05) is 18.5 Å². The summed E-state index contributed by atoms with van der Waals surface area (Å²) in [6.45, 7) is 0.655. The Balaban J connectivity index is 2.04. The number of benzene rings is 1. The van der Waals surface area contributed by atoms with Crippen molar-refractivity contribution in [2.45, 2.75) is 19.3 Å². The van der Waals surface area contributed by atoms with E-state index in [1.165, 1.54) is 0 Å². The predicted molar refractivity (Wildman–Crippen MR) is 60.6 cm³/mol. The van der Waals surface area contributed by atoms with E-state index in [-0.39, 0.29) is 12.5 Å². The molecule has 1 aliphatic rings. The summed E-state index contributed by atoms with van der Waals surface area (Å²) in [6, 6.07) is 5.65. The van der Waals surface area contributed by atoms with Crippen LogP contribution in [0.1, 0.15) is 18.4 Å². The van der Waals surface area contributed by atoms with E-state index in [0.29, 0.717) is 19.4 Å². The maximum atomic E-state index is 11.2. The smallest absolute Gasteiger partial charge is 0.224 e. The number of fused-ring (bicyclic) bond motifs is 1. The number of amides is 1. The van der Waals surface area contributed by atoms with Crippen molar-refractivity contribution in [1.29, 1.82) is 0 Å². The van der Waals surface area contributed by atoms with Gasteiger partial charge in [-0.05, 0) is 30.2 Å². The summed E-state index contributed by atoms with van der Waals surface area (Å²) in [5, 5.41) is 11.5. The van der Waals surface area contributed by atoms with Gasteiger partial charge in [-0.3, -0.25) is 4.79 Å². The van der Waals surface area contributed by atoms with Gasteiger partial charge in [0.2, 0.25) is 5.91 Å². The Morgan fingerprint density at radius 3 is 3.06 bits per heavy atom. The van der Waals surface area contributed by atoms with Crippen LogP contribution < -0.4 is 10.1 Å². The summed E-state index contributed by atoms with van der Waals surface area (Å²) in [7, 11) is 0. The van der Waals surface area contributed by atoms with Gasteiger partial charge < -0.3 is 15.2 Å². The molecule has 1 heterocycles. The minimum absolute atomic E-state index is 0.0708. The van der Waals surface area contributed by atoms with Gasteiger partial charge in [-0.2, -0.15) is 0 Å². The number of aliphatic hydroxyl groups is 1. The molecule has 0 fully saturated rings. The van der Waals surface area contributed by atoms with Crippen molar-refractivity contribution in [3.63, 3.8) is 0 Å². The molecule has 1 amide bonds. The van der Waals surface area contributed by atoms with Crippen LogP contribution in [0.4, 0.5) is 5.69 Å². The third-order valence-electron chi connectivity index (χ3n) is 2.54. The fourth-order valence-electron chi connectivity index (χ4n) is 1.70. The Kier molecular flexibility index (Phi) is 3.41. The van der Waals surface area contributed by atoms with Gasteiger partial charge in [0.25, 0.3) is 0 Å². The molecule has 1 aromatic rings. The Bertz CT molecular complexity index is 390. The molecule has 0 spiro atoms. The molecule has 0 saturated heterocycles. The molecule has 1 aliphatic heterocycles. The van der Waals surface area contributed by atoms with Crippen LogP contribution in [0.15, 0.2) is 18.2 Å². The molecule has 0 bridgehead atoms. The van der Waals surface area contributed by atoms with Crippen LogP contribution in [0.2, 0.25) is 0 Å². The van der Waals surface area contributed by atoms with Crippen LogP contribution in [0, 0.1) is 0 Å². The molecule has 0 aliphatic carbocycles. The lowest BCUT2D eigenvalue weighted by Gasteiger charge is -2.17. The minimum atomic E-state index is 0.0708. The molecule has 0 aromatic heterocycles. The largest absolute Gasteiger partial charge is 0.493 e. The van der Waals surface area contributed by atoms with Crippen molar-refractivity contribution in [3.05, 3.63) is 23.8 Å². The minimum Gasteiger partial charge on any atom is -0.493 e. The number of anilines is 1. The van der Waals surface area contributed by atoms with Gasteiger partial charge in [0, 0.05) is 25.1 Å². The van der Waals surface area contributed by atoms with Crippen LogP contribution >= 0.6 is 0 Å². The Labute approximate surface area is 94.2 Å². The van der Waals surface area contributed by atoms with Gasteiger partial charge in [-0.1, -0.05) is 0 Å². The van der Waals surface area contributed by atoms with E-state index >= 15 is 0 Å². The lowest BCUT2D eigenvalue weighted by Crippen LogP contribution is -2.18. The van der Waals surface area contributed by atoms with E-state index in [1.54, 1.807) is 0 Å². The molecule has 2 rings (SSSR count). The van der Waals surface area contributed by atoms with E-state index in [0.717, 1.165) is 23.4 Å². The first-order chi connectivity index (χ1) is 7.79. The van der Waals surface area contributed by atoms with E-state index < -0.39 is 0 Å². The zero-order valence-corrected chi connectivity index (χ0v) is 9.03. The van der Waals surface area contributed by atoms with Crippen molar-refractivity contribution in [2.24, 2.45) is 0 Å². The SMILES string of the molecule is O=C1CCc2cc(OCCCO)ccc2N1. The van der Waals surface area contributed by atoms with Crippen LogP contribution in [-0.4, -0.2) is 24.2 Å². The van der Waals surface area contributed by atoms with E-state index in [4.69, 9.17) is 9.84 Å². The molecule has 16 heavy (non-hydrogen) atoms. The van der Waals surface area contributed by atoms with E-state index in [9.17, 15) is 4.79 Å². The Morgan fingerprint density at radius 1 is 1.38 bits per heavy atom. The lowest BCUT2D eigenvalue weighted by molar-refractivity contribution is -0.116. The van der Waals surface area contributed by atoms with Gasteiger partial charge in [0.1, 0.15) is 5.75 Å². The lowest BCUT2D eigenvalue weighted by atomic mass is 10.0. The first-order valence-electron chi connectivity index (χ1n) is 5.46. The van der Waals surface area contributed by atoms with Gasteiger partial charge in [-0.25, -0.2) is 0 Å². The molecular weight excluding hydrogens is 206 g/mol. The number of hydrogen-bond acceptors (Lipinski definition) is 3. The molecule has 4 nitrogen and oxygen atoms in total. The van der Waals surface area contributed by atoms with Gasteiger partial charge in [-0.15, -0.1) is 0 Å². The highest BCUT2D eigenvalue weighted by atomic mass is 16.5. The number of hydrogen-bond donors (Lipinski definition) is 2. The fourth-order valence-corrected chi connectivity index (χ4v) is 1.70. The molecule has 0 atom stereocenters. The third-order valence-corrected chi connectivity index (χ3v) is 2.54. The standard InChI is InChI=1S/C12H15NO3/c14-6-1-7-16-10-3-4-11-9(8-10)2-5-12(15)13-11/h3-4,8,14H,1-2,5-7H2,(H,13,15). The highest BCUT2D eigenvalue weighted by Crippen LogP contribution is 2.26. The molecule has 4 heteroatoms. The fraction of sp³-hybridized carbons (Fsp3) is 0.417. The molecule has 86 valence electrons. The van der Waals surface area contributed by atoms with Crippen LogP contribution in [0.5, 0.6) is 5.75 Å². The van der Waals surface area contributed by atoms with Crippen molar-refractivity contribution >= 4 is 11.6 Å². The summed E-state index contributed by atoms with van der Waals surface area (Å²) in [5.74, 6) is 0.866. The summed E-state index contributed by atoms with van der Waals surface area (Å²) in [6.07, 6.45) is 1.93. The predicted octanol–water partition coefficient (Wildman–Crippen LogP) is 1.33. The average Bonchev–Trinajstić information content (AvgIpc) is 2.29. The van der Waals surface area contributed by atoms with E-state index in [2.05, 4.69) is 5.32 Å². The van der Waals surface area contributed by atoms with Gasteiger partial charge in [0.15, 0.2) is 0 Å². The second kappa shape index (κ2) is 4.99. The topological polar surface area (TPSA) is 58.6 Å². The Morgan fingerprint density at radius 2 is 2.25 bits per heavy atom. The average molecular weight is 221 g/mol. The molecule has 0 radical (unpaired) electrons. The highest BCUT2D eigenvalue weighted by Gasteiger charge is 2.14. The molecule has 1 aromatic carbocycles. The molecule has 2 N–H and O–H groups in total. The van der Waals surface area contributed by atoms with Gasteiger partial charge >= 0.3 is 0 Å². The second-order valence-electron chi connectivity index (χ2n) is 3.79. The number of nitrogens with one attached hydrogen (secondary N) is 1. The number of ether oxygens (including phenoxy) is 1. The van der Waals surface area contributed by atoms with Crippen molar-refractivity contribution in [1.82, 2.24) is 0 Å². The van der Waals surface area contributed by atoms with Crippen molar-refractivity contribution < 1.29 is 14.6 Å². The number of rotatable bonds is 4. The molecular formula is C12H15NO3. The number of carbonyl (C=O) groups excluding carboxylic acids is 1. The Hall–Kier alpha value is -1.55. The summed E-state index contributed by atoms with van der Waals surface area (Å²) in [4.78, 5) is 11.2. The van der Waals surface area contributed by atoms with Crippen molar-refractivity contribution in [3.8, 4) is 5.75 Å². The summed E-state index contributed by atoms with van der Waals surface area (Å²) >= 11 is 0.